The van der Waals surface area contributed by atoms with Crippen LogP contribution in [0, 0.1) is 11.3 Å². The minimum absolute atomic E-state index is 0.0719. The Hall–Kier alpha value is -3.00. The Morgan fingerprint density at radius 1 is 1.20 bits per heavy atom. The minimum Gasteiger partial charge on any atom is -0.399 e. The summed E-state index contributed by atoms with van der Waals surface area (Å²) in [6.07, 6.45) is 0. The second-order valence-corrected chi connectivity index (χ2v) is 4.52. The van der Waals surface area contributed by atoms with Crippen LogP contribution in [-0.2, 0) is 4.79 Å². The molecule has 1 aliphatic rings. The molecule has 3 rings (SSSR count). The third-order valence-corrected chi connectivity index (χ3v) is 3.20. The van der Waals surface area contributed by atoms with Gasteiger partial charge in [-0.3, -0.25) is 9.69 Å². The van der Waals surface area contributed by atoms with Crippen molar-refractivity contribution < 1.29 is 4.79 Å². The molecule has 0 spiro atoms. The van der Waals surface area contributed by atoms with Crippen molar-refractivity contribution in [3.63, 3.8) is 0 Å². The van der Waals surface area contributed by atoms with E-state index in [9.17, 15) is 4.79 Å². The zero-order chi connectivity index (χ0) is 14.1. The van der Waals surface area contributed by atoms with Crippen molar-refractivity contribution in [3.8, 4) is 6.07 Å². The van der Waals surface area contributed by atoms with Crippen LogP contribution in [0.2, 0.25) is 0 Å². The Morgan fingerprint density at radius 3 is 2.65 bits per heavy atom. The van der Waals surface area contributed by atoms with Gasteiger partial charge in [-0.25, -0.2) is 0 Å². The molecule has 0 aromatic heterocycles. The van der Waals surface area contributed by atoms with E-state index in [1.54, 1.807) is 41.3 Å². The van der Waals surface area contributed by atoms with Crippen LogP contribution < -0.4 is 16.0 Å². The smallest absolute Gasteiger partial charge is 0.250 e. The van der Waals surface area contributed by atoms with E-state index in [0.717, 1.165) is 11.4 Å². The first kappa shape index (κ1) is 12.1. The highest BCUT2D eigenvalue weighted by Gasteiger charge is 2.25. The molecule has 2 aromatic rings. The summed E-state index contributed by atoms with van der Waals surface area (Å²) in [6.45, 7) is 0.225. The topological polar surface area (TPSA) is 82.2 Å². The number of fused-ring (bicyclic) bond motifs is 1. The van der Waals surface area contributed by atoms with Crippen molar-refractivity contribution in [1.82, 2.24) is 0 Å². The molecule has 1 aliphatic heterocycles. The lowest BCUT2D eigenvalue weighted by Gasteiger charge is -2.30. The van der Waals surface area contributed by atoms with Crippen molar-refractivity contribution in [1.29, 1.82) is 5.26 Å². The van der Waals surface area contributed by atoms with Crippen molar-refractivity contribution in [2.75, 3.05) is 22.5 Å². The molecule has 0 saturated heterocycles. The monoisotopic (exact) mass is 264 g/mol. The van der Waals surface area contributed by atoms with Crippen LogP contribution in [0.4, 0.5) is 22.7 Å². The van der Waals surface area contributed by atoms with Crippen LogP contribution in [0.3, 0.4) is 0 Å². The number of anilines is 4. The molecule has 5 nitrogen and oxygen atoms in total. The molecule has 0 unspecified atom stereocenters. The van der Waals surface area contributed by atoms with E-state index in [1.165, 1.54) is 0 Å². The first-order chi connectivity index (χ1) is 9.69. The fraction of sp³-hybridized carbons (Fsp3) is 0.0667. The van der Waals surface area contributed by atoms with Crippen molar-refractivity contribution in [2.24, 2.45) is 0 Å². The molecule has 2 aromatic carbocycles. The van der Waals surface area contributed by atoms with Crippen LogP contribution in [0.1, 0.15) is 5.56 Å². The van der Waals surface area contributed by atoms with E-state index in [2.05, 4.69) is 11.4 Å². The molecule has 0 atom stereocenters. The van der Waals surface area contributed by atoms with Crippen molar-refractivity contribution >= 4 is 28.7 Å². The lowest BCUT2D eigenvalue weighted by atomic mass is 10.1. The van der Waals surface area contributed by atoms with Gasteiger partial charge in [-0.1, -0.05) is 0 Å². The summed E-state index contributed by atoms with van der Waals surface area (Å²) < 4.78 is 0. The summed E-state index contributed by atoms with van der Waals surface area (Å²) in [7, 11) is 0. The molecule has 0 bridgehead atoms. The zero-order valence-corrected chi connectivity index (χ0v) is 10.6. The van der Waals surface area contributed by atoms with Gasteiger partial charge in [0.05, 0.1) is 29.6 Å². The van der Waals surface area contributed by atoms with Crippen molar-refractivity contribution in [3.05, 3.63) is 48.0 Å². The van der Waals surface area contributed by atoms with Gasteiger partial charge in [0.2, 0.25) is 0 Å². The number of nitrogen functional groups attached to an aromatic ring is 1. The lowest BCUT2D eigenvalue weighted by molar-refractivity contribution is -0.116. The fourth-order valence-electron chi connectivity index (χ4n) is 2.23. The second-order valence-electron chi connectivity index (χ2n) is 4.52. The molecule has 0 aliphatic carbocycles. The number of nitriles is 1. The zero-order valence-electron chi connectivity index (χ0n) is 10.6. The summed E-state index contributed by atoms with van der Waals surface area (Å²) >= 11 is 0. The molecule has 1 heterocycles. The maximum atomic E-state index is 12.2. The maximum absolute atomic E-state index is 12.2. The van der Waals surface area contributed by atoms with E-state index in [4.69, 9.17) is 11.0 Å². The number of hydrogen-bond donors (Lipinski definition) is 2. The summed E-state index contributed by atoms with van der Waals surface area (Å²) in [5.74, 6) is -0.0719. The highest BCUT2D eigenvalue weighted by Crippen LogP contribution is 2.36. The van der Waals surface area contributed by atoms with Gasteiger partial charge in [-0.15, -0.1) is 0 Å². The van der Waals surface area contributed by atoms with E-state index in [0.29, 0.717) is 16.9 Å². The number of benzene rings is 2. The van der Waals surface area contributed by atoms with Crippen LogP contribution in [0.15, 0.2) is 42.5 Å². The molecule has 0 fully saturated rings. The van der Waals surface area contributed by atoms with Gasteiger partial charge in [0.1, 0.15) is 0 Å². The highest BCUT2D eigenvalue weighted by molar-refractivity contribution is 6.08. The maximum Gasteiger partial charge on any atom is 0.250 e. The molecule has 0 radical (unpaired) electrons. The van der Waals surface area contributed by atoms with Gasteiger partial charge in [0, 0.05) is 11.4 Å². The average molecular weight is 264 g/mol. The van der Waals surface area contributed by atoms with Gasteiger partial charge in [0.25, 0.3) is 5.91 Å². The molecular weight excluding hydrogens is 252 g/mol. The van der Waals surface area contributed by atoms with Crippen LogP contribution in [0.25, 0.3) is 0 Å². The average Bonchev–Trinajstić information content (AvgIpc) is 2.48. The van der Waals surface area contributed by atoms with Crippen molar-refractivity contribution in [2.45, 2.75) is 0 Å². The summed E-state index contributed by atoms with van der Waals surface area (Å²) in [4.78, 5) is 13.8. The highest BCUT2D eigenvalue weighted by atomic mass is 16.2. The standard InChI is InChI=1S/C15H12N4O/c16-8-10-1-6-13-14(7-10)19(15(20)9-18-13)12-4-2-11(17)3-5-12/h1-7,18H,9,17H2. The number of nitrogens with one attached hydrogen (secondary N) is 1. The Kier molecular flexibility index (Phi) is 2.77. The molecule has 0 saturated carbocycles. The number of nitrogens with zero attached hydrogens (tertiary/aromatic N) is 2. The van der Waals surface area contributed by atoms with Gasteiger partial charge in [0.15, 0.2) is 0 Å². The largest absolute Gasteiger partial charge is 0.399 e. The predicted molar refractivity (Wildman–Crippen MR) is 77.6 cm³/mol. The van der Waals surface area contributed by atoms with E-state index in [-0.39, 0.29) is 12.5 Å². The van der Waals surface area contributed by atoms with Crippen LogP contribution in [0.5, 0.6) is 0 Å². The SMILES string of the molecule is N#Cc1ccc2c(c1)N(c1ccc(N)cc1)C(=O)CN2. The summed E-state index contributed by atoms with van der Waals surface area (Å²) in [6, 6.07) is 14.4. The molecule has 98 valence electrons. The number of carbonyl (C=O) groups is 1. The number of hydrogen-bond acceptors (Lipinski definition) is 4. The summed E-state index contributed by atoms with van der Waals surface area (Å²) in [5.41, 5.74) is 9.08. The molecule has 5 heteroatoms. The molecule has 1 amide bonds. The minimum atomic E-state index is -0.0719. The van der Waals surface area contributed by atoms with Gasteiger partial charge < -0.3 is 11.1 Å². The Labute approximate surface area is 116 Å². The lowest BCUT2D eigenvalue weighted by Crippen LogP contribution is -2.36. The van der Waals surface area contributed by atoms with E-state index < -0.39 is 0 Å². The Morgan fingerprint density at radius 2 is 1.95 bits per heavy atom. The molecule has 20 heavy (non-hydrogen) atoms. The fourth-order valence-corrected chi connectivity index (χ4v) is 2.23. The number of rotatable bonds is 1. The number of carbonyl (C=O) groups excluding carboxylic acids is 1. The van der Waals surface area contributed by atoms with Gasteiger partial charge in [-0.05, 0) is 42.5 Å². The number of nitrogens with two attached hydrogens (primary N) is 1. The second kappa shape index (κ2) is 4.59. The first-order valence-corrected chi connectivity index (χ1v) is 6.15. The number of amides is 1. The molecular formula is C15H12N4O. The van der Waals surface area contributed by atoms with Gasteiger partial charge >= 0.3 is 0 Å². The normalized spacial score (nSPS) is 13.3. The van der Waals surface area contributed by atoms with Crippen LogP contribution in [-0.4, -0.2) is 12.5 Å². The van der Waals surface area contributed by atoms with E-state index >= 15 is 0 Å². The Bertz CT molecular complexity index is 716. The third kappa shape index (κ3) is 1.93. The molecule has 3 N–H and O–H groups in total. The predicted octanol–water partition coefficient (Wildman–Crippen LogP) is 2.23. The van der Waals surface area contributed by atoms with E-state index in [1.807, 2.05) is 6.07 Å². The van der Waals surface area contributed by atoms with Crippen LogP contribution >= 0.6 is 0 Å². The Balaban J connectivity index is 2.14. The van der Waals surface area contributed by atoms with Gasteiger partial charge in [-0.2, -0.15) is 5.26 Å². The third-order valence-electron chi connectivity index (χ3n) is 3.20. The quantitative estimate of drug-likeness (QED) is 0.774. The first-order valence-electron chi connectivity index (χ1n) is 6.15. The summed E-state index contributed by atoms with van der Waals surface area (Å²) in [5, 5.41) is 12.1.